The number of benzene rings is 2. The van der Waals surface area contributed by atoms with Crippen LogP contribution in [0.5, 0.6) is 11.5 Å². The SMILES string of the molecule is CCNC(=O)c1noc(-c2cc(C(C)C)c(OC)cc2OC)c1Cc1ccc(C(N)=O)cc1. The lowest BCUT2D eigenvalue weighted by atomic mass is 9.94. The second-order valence-corrected chi connectivity index (χ2v) is 7.89. The van der Waals surface area contributed by atoms with Crippen LogP contribution in [0.15, 0.2) is 40.9 Å². The fourth-order valence-electron chi connectivity index (χ4n) is 3.65. The van der Waals surface area contributed by atoms with Gasteiger partial charge in [0.05, 0.1) is 19.8 Å². The Morgan fingerprint density at radius 3 is 2.30 bits per heavy atom. The van der Waals surface area contributed by atoms with Crippen molar-refractivity contribution < 1.29 is 23.6 Å². The first kappa shape index (κ1) is 23.8. The van der Waals surface area contributed by atoms with Crippen LogP contribution in [0.2, 0.25) is 0 Å². The fourth-order valence-corrected chi connectivity index (χ4v) is 3.65. The number of nitrogens with two attached hydrogens (primary N) is 1. The van der Waals surface area contributed by atoms with Gasteiger partial charge in [0.15, 0.2) is 11.5 Å². The number of hydrogen-bond donors (Lipinski definition) is 2. The van der Waals surface area contributed by atoms with E-state index in [0.29, 0.717) is 46.9 Å². The van der Waals surface area contributed by atoms with Crippen molar-refractivity contribution in [3.05, 3.63) is 64.3 Å². The molecule has 2 amide bonds. The van der Waals surface area contributed by atoms with Crippen LogP contribution in [0.4, 0.5) is 0 Å². The van der Waals surface area contributed by atoms with E-state index in [1.54, 1.807) is 38.5 Å². The molecule has 0 aliphatic carbocycles. The van der Waals surface area contributed by atoms with Crippen LogP contribution < -0.4 is 20.5 Å². The highest BCUT2D eigenvalue weighted by Crippen LogP contribution is 2.41. The summed E-state index contributed by atoms with van der Waals surface area (Å²) in [5.74, 6) is 1.04. The monoisotopic (exact) mass is 451 g/mol. The first-order chi connectivity index (χ1) is 15.8. The van der Waals surface area contributed by atoms with Gasteiger partial charge in [0.1, 0.15) is 11.5 Å². The van der Waals surface area contributed by atoms with E-state index in [4.69, 9.17) is 19.7 Å². The van der Waals surface area contributed by atoms with E-state index in [1.807, 2.05) is 19.1 Å². The molecule has 0 bridgehead atoms. The van der Waals surface area contributed by atoms with Gasteiger partial charge in [-0.1, -0.05) is 31.1 Å². The molecule has 1 aromatic heterocycles. The lowest BCUT2D eigenvalue weighted by Gasteiger charge is -2.16. The van der Waals surface area contributed by atoms with Crippen molar-refractivity contribution in [2.75, 3.05) is 20.8 Å². The first-order valence-electron chi connectivity index (χ1n) is 10.7. The van der Waals surface area contributed by atoms with Gasteiger partial charge in [0.25, 0.3) is 5.91 Å². The molecule has 3 aromatic rings. The number of primary amides is 1. The number of methoxy groups -OCH3 is 2. The Bertz CT molecular complexity index is 1150. The van der Waals surface area contributed by atoms with Gasteiger partial charge in [-0.05, 0) is 42.2 Å². The zero-order chi connectivity index (χ0) is 24.1. The normalized spacial score (nSPS) is 10.8. The van der Waals surface area contributed by atoms with Gasteiger partial charge >= 0.3 is 0 Å². The molecule has 0 saturated carbocycles. The highest BCUT2D eigenvalue weighted by molar-refractivity contribution is 5.95. The quantitative estimate of drug-likeness (QED) is 0.509. The van der Waals surface area contributed by atoms with Gasteiger partial charge in [0.2, 0.25) is 5.91 Å². The van der Waals surface area contributed by atoms with Crippen LogP contribution in [-0.4, -0.2) is 37.7 Å². The summed E-state index contributed by atoms with van der Waals surface area (Å²) in [6.45, 7) is 6.42. The minimum atomic E-state index is -0.501. The second-order valence-electron chi connectivity index (χ2n) is 7.89. The zero-order valence-electron chi connectivity index (χ0n) is 19.5. The summed E-state index contributed by atoms with van der Waals surface area (Å²) in [6.07, 6.45) is 0.358. The first-order valence-corrected chi connectivity index (χ1v) is 10.7. The van der Waals surface area contributed by atoms with E-state index in [-0.39, 0.29) is 17.5 Å². The van der Waals surface area contributed by atoms with Crippen molar-refractivity contribution in [3.63, 3.8) is 0 Å². The number of amides is 2. The van der Waals surface area contributed by atoms with E-state index in [1.165, 1.54) is 0 Å². The maximum Gasteiger partial charge on any atom is 0.273 e. The molecule has 33 heavy (non-hydrogen) atoms. The Hall–Kier alpha value is -3.81. The van der Waals surface area contributed by atoms with Gasteiger partial charge in [-0.15, -0.1) is 0 Å². The van der Waals surface area contributed by atoms with E-state index in [9.17, 15) is 9.59 Å². The lowest BCUT2D eigenvalue weighted by Crippen LogP contribution is -2.24. The van der Waals surface area contributed by atoms with Crippen molar-refractivity contribution in [1.82, 2.24) is 10.5 Å². The molecule has 0 aliphatic heterocycles. The number of rotatable bonds is 9. The van der Waals surface area contributed by atoms with Gasteiger partial charge in [-0.3, -0.25) is 9.59 Å². The molecule has 0 spiro atoms. The van der Waals surface area contributed by atoms with Crippen LogP contribution >= 0.6 is 0 Å². The number of hydrogen-bond acceptors (Lipinski definition) is 6. The molecule has 8 heteroatoms. The Balaban J connectivity index is 2.17. The molecule has 0 saturated heterocycles. The predicted octanol–water partition coefficient (Wildman–Crippen LogP) is 3.92. The summed E-state index contributed by atoms with van der Waals surface area (Å²) in [7, 11) is 3.18. The summed E-state index contributed by atoms with van der Waals surface area (Å²) in [5, 5.41) is 6.88. The molecule has 0 fully saturated rings. The van der Waals surface area contributed by atoms with E-state index < -0.39 is 5.91 Å². The van der Waals surface area contributed by atoms with Crippen LogP contribution in [0.1, 0.15) is 64.2 Å². The summed E-state index contributed by atoms with van der Waals surface area (Å²) in [6, 6.07) is 10.7. The van der Waals surface area contributed by atoms with Crippen molar-refractivity contribution in [2.24, 2.45) is 5.73 Å². The summed E-state index contributed by atoms with van der Waals surface area (Å²) in [4.78, 5) is 24.1. The van der Waals surface area contributed by atoms with Crippen LogP contribution in [-0.2, 0) is 6.42 Å². The Labute approximate surface area is 193 Å². The topological polar surface area (TPSA) is 117 Å². The number of ether oxygens (including phenoxy) is 2. The van der Waals surface area contributed by atoms with Gasteiger partial charge in [-0.2, -0.15) is 0 Å². The number of nitrogens with one attached hydrogen (secondary N) is 1. The number of aromatic nitrogens is 1. The summed E-state index contributed by atoms with van der Waals surface area (Å²) in [5.41, 5.74) is 9.09. The molecule has 0 unspecified atom stereocenters. The van der Waals surface area contributed by atoms with Gasteiger partial charge in [-0.25, -0.2) is 0 Å². The smallest absolute Gasteiger partial charge is 0.273 e. The lowest BCUT2D eigenvalue weighted by molar-refractivity contribution is 0.0945. The van der Waals surface area contributed by atoms with E-state index in [0.717, 1.165) is 11.1 Å². The highest BCUT2D eigenvalue weighted by atomic mass is 16.5. The molecular formula is C25H29N3O5. The molecule has 174 valence electrons. The van der Waals surface area contributed by atoms with Crippen molar-refractivity contribution in [3.8, 4) is 22.8 Å². The van der Waals surface area contributed by atoms with Crippen molar-refractivity contribution >= 4 is 11.8 Å². The van der Waals surface area contributed by atoms with E-state index in [2.05, 4.69) is 24.3 Å². The standard InChI is InChI=1S/C25H29N3O5/c1-6-27-25(30)22-19(11-15-7-9-16(10-8-15)24(26)29)23(33-28-22)18-12-17(14(2)3)20(31-4)13-21(18)32-5/h7-10,12-14H,6,11H2,1-5H3,(H2,26,29)(H,27,30). The number of carbonyl (C=O) groups excluding carboxylic acids is 2. The molecule has 1 heterocycles. The largest absolute Gasteiger partial charge is 0.496 e. The third-order valence-corrected chi connectivity index (χ3v) is 5.38. The average Bonchev–Trinajstić information content (AvgIpc) is 3.21. The van der Waals surface area contributed by atoms with Gasteiger partial charge < -0.3 is 25.0 Å². The number of carbonyl (C=O) groups is 2. The molecule has 2 aromatic carbocycles. The van der Waals surface area contributed by atoms with Crippen molar-refractivity contribution in [1.29, 1.82) is 0 Å². The summed E-state index contributed by atoms with van der Waals surface area (Å²) < 4.78 is 16.9. The van der Waals surface area contributed by atoms with Crippen molar-refractivity contribution in [2.45, 2.75) is 33.1 Å². The molecule has 3 N–H and O–H groups in total. The summed E-state index contributed by atoms with van der Waals surface area (Å²) >= 11 is 0. The van der Waals surface area contributed by atoms with Crippen LogP contribution in [0.25, 0.3) is 11.3 Å². The third kappa shape index (κ3) is 5.00. The molecule has 0 atom stereocenters. The molecule has 0 aliphatic rings. The highest BCUT2D eigenvalue weighted by Gasteiger charge is 2.26. The molecule has 0 radical (unpaired) electrons. The molecule has 8 nitrogen and oxygen atoms in total. The minimum absolute atomic E-state index is 0.181. The number of nitrogens with zero attached hydrogens (tertiary/aromatic N) is 1. The maximum absolute atomic E-state index is 12.7. The van der Waals surface area contributed by atoms with Crippen LogP contribution in [0, 0.1) is 0 Å². The Morgan fingerprint density at radius 1 is 1.09 bits per heavy atom. The Morgan fingerprint density at radius 2 is 1.76 bits per heavy atom. The Kier molecular flexibility index (Phi) is 7.37. The van der Waals surface area contributed by atoms with E-state index >= 15 is 0 Å². The van der Waals surface area contributed by atoms with Gasteiger partial charge in [0, 0.05) is 30.2 Å². The maximum atomic E-state index is 12.7. The third-order valence-electron chi connectivity index (χ3n) is 5.38. The van der Waals surface area contributed by atoms with Crippen LogP contribution in [0.3, 0.4) is 0 Å². The predicted molar refractivity (Wildman–Crippen MR) is 125 cm³/mol. The minimum Gasteiger partial charge on any atom is -0.496 e. The fraction of sp³-hybridized carbons (Fsp3) is 0.320. The molecule has 3 rings (SSSR count). The zero-order valence-corrected chi connectivity index (χ0v) is 19.5. The average molecular weight is 452 g/mol. The molecular weight excluding hydrogens is 422 g/mol. The second kappa shape index (κ2) is 10.2.